The van der Waals surface area contributed by atoms with Gasteiger partial charge < -0.3 is 9.88 Å². The van der Waals surface area contributed by atoms with Crippen LogP contribution in [0.2, 0.25) is 0 Å². The largest absolute Gasteiger partial charge is 0.433 e. The van der Waals surface area contributed by atoms with Gasteiger partial charge in [0.1, 0.15) is 11.5 Å². The summed E-state index contributed by atoms with van der Waals surface area (Å²) in [5.74, 6) is -2.92. The predicted octanol–water partition coefficient (Wildman–Crippen LogP) is 5.85. The van der Waals surface area contributed by atoms with Crippen LogP contribution >= 0.6 is 0 Å². The van der Waals surface area contributed by atoms with Gasteiger partial charge in [-0.2, -0.15) is 13.2 Å². The van der Waals surface area contributed by atoms with Crippen LogP contribution in [0.5, 0.6) is 0 Å². The Balaban J connectivity index is 1.96. The lowest BCUT2D eigenvalue weighted by Gasteiger charge is -2.26. The number of aryl methyl sites for hydroxylation is 1. The van der Waals surface area contributed by atoms with E-state index in [1.54, 1.807) is 31.2 Å². The molecule has 1 aliphatic rings. The van der Waals surface area contributed by atoms with Crippen LogP contribution in [0, 0.1) is 13.8 Å². The highest BCUT2D eigenvalue weighted by Crippen LogP contribution is 2.39. The van der Waals surface area contributed by atoms with Crippen molar-refractivity contribution in [2.45, 2.75) is 45.2 Å². The van der Waals surface area contributed by atoms with E-state index in [0.29, 0.717) is 27.7 Å². The summed E-state index contributed by atoms with van der Waals surface area (Å²) < 4.78 is 68.7. The van der Waals surface area contributed by atoms with Crippen LogP contribution in [-0.2, 0) is 6.18 Å². The van der Waals surface area contributed by atoms with Crippen LogP contribution in [0.1, 0.15) is 36.1 Å². The van der Waals surface area contributed by atoms with Gasteiger partial charge in [-0.25, -0.2) is 13.8 Å². The Bertz CT molecular complexity index is 1230. The highest BCUT2D eigenvalue weighted by atomic mass is 19.4. The van der Waals surface area contributed by atoms with Gasteiger partial charge in [0.25, 0.3) is 0 Å². The van der Waals surface area contributed by atoms with Gasteiger partial charge in [0.05, 0.1) is 5.69 Å². The van der Waals surface area contributed by atoms with Gasteiger partial charge in [0.2, 0.25) is 5.92 Å². The Kier molecular flexibility index (Phi) is 5.46. The first-order valence-electron chi connectivity index (χ1n) is 10.3. The highest BCUT2D eigenvalue weighted by Gasteiger charge is 2.37. The molecule has 0 aliphatic carbocycles. The molecule has 4 rings (SSSR count). The normalized spacial score (nSPS) is 16.9. The number of pyridine rings is 2. The number of nitrogens with one attached hydrogen (secondary N) is 1. The molecule has 3 heterocycles. The second-order valence-electron chi connectivity index (χ2n) is 8.22. The predicted molar refractivity (Wildman–Crippen MR) is 113 cm³/mol. The molecule has 170 valence electrons. The molecule has 2 aromatic heterocycles. The minimum Gasteiger partial charge on any atom is -0.356 e. The molecule has 1 aliphatic heterocycles. The number of aromatic nitrogens is 2. The van der Waals surface area contributed by atoms with Crippen LogP contribution in [0.4, 0.5) is 27.8 Å². The number of rotatable bonds is 2. The van der Waals surface area contributed by atoms with E-state index < -0.39 is 24.2 Å². The highest BCUT2D eigenvalue weighted by molar-refractivity contribution is 5.86. The Hall–Kier alpha value is -2.97. The molecule has 4 nitrogen and oxygen atoms in total. The SMILES string of the molecule is Cc1cc(-c2[nH]c3ccccc3c(=O)c2C)c(N2CCCC(F)(F)CC2)nc1C(F)(F)F. The molecule has 1 fully saturated rings. The minimum atomic E-state index is -4.70. The molecule has 9 heteroatoms. The van der Waals surface area contributed by atoms with Crippen LogP contribution in [0.3, 0.4) is 0 Å². The lowest BCUT2D eigenvalue weighted by molar-refractivity contribution is -0.141. The maximum absolute atomic E-state index is 13.9. The number of H-pyrrole nitrogens is 1. The maximum atomic E-state index is 13.9. The molecule has 1 saturated heterocycles. The van der Waals surface area contributed by atoms with E-state index >= 15 is 0 Å². The van der Waals surface area contributed by atoms with E-state index in [-0.39, 0.29) is 42.7 Å². The number of aromatic amines is 1. The van der Waals surface area contributed by atoms with Gasteiger partial charge in [-0.1, -0.05) is 12.1 Å². The van der Waals surface area contributed by atoms with Crippen LogP contribution < -0.4 is 10.3 Å². The number of benzene rings is 1. The third kappa shape index (κ3) is 4.08. The molecule has 3 aromatic rings. The molecule has 1 aromatic carbocycles. The van der Waals surface area contributed by atoms with Crippen molar-refractivity contribution < 1.29 is 22.0 Å². The number of para-hydroxylation sites is 1. The molecule has 0 atom stereocenters. The summed E-state index contributed by atoms with van der Waals surface area (Å²) in [4.78, 5) is 21.5. The van der Waals surface area contributed by atoms with Crippen LogP contribution in [-0.4, -0.2) is 29.0 Å². The molecule has 32 heavy (non-hydrogen) atoms. The maximum Gasteiger partial charge on any atom is 0.433 e. The van der Waals surface area contributed by atoms with Crippen molar-refractivity contribution >= 4 is 16.7 Å². The van der Waals surface area contributed by atoms with Crippen LogP contribution in [0.25, 0.3) is 22.2 Å². The van der Waals surface area contributed by atoms with Gasteiger partial charge in [-0.3, -0.25) is 4.79 Å². The molecule has 0 amide bonds. The summed E-state index contributed by atoms with van der Waals surface area (Å²) in [6.07, 6.45) is -5.38. The van der Waals surface area contributed by atoms with Crippen molar-refractivity contribution in [2.75, 3.05) is 18.0 Å². The Morgan fingerprint density at radius 2 is 1.81 bits per heavy atom. The van der Waals surface area contributed by atoms with Crippen molar-refractivity contribution in [3.05, 3.63) is 57.4 Å². The van der Waals surface area contributed by atoms with Gasteiger partial charge in [0, 0.05) is 48.0 Å². The Morgan fingerprint density at radius 1 is 1.09 bits per heavy atom. The van der Waals surface area contributed by atoms with Crippen molar-refractivity contribution in [3.8, 4) is 11.3 Å². The minimum absolute atomic E-state index is 0.0466. The third-order valence-corrected chi connectivity index (χ3v) is 5.90. The number of anilines is 1. The molecular weight excluding hydrogens is 429 g/mol. The van der Waals surface area contributed by atoms with Gasteiger partial charge in [-0.05, 0) is 44.0 Å². The van der Waals surface area contributed by atoms with Crippen molar-refractivity contribution in [2.24, 2.45) is 0 Å². The zero-order chi connectivity index (χ0) is 23.3. The number of hydrogen-bond acceptors (Lipinski definition) is 3. The summed E-state index contributed by atoms with van der Waals surface area (Å²) in [5.41, 5.74) is 0.0678. The van der Waals surface area contributed by atoms with Crippen molar-refractivity contribution in [1.82, 2.24) is 9.97 Å². The zero-order valence-corrected chi connectivity index (χ0v) is 17.6. The second-order valence-corrected chi connectivity index (χ2v) is 8.22. The monoisotopic (exact) mass is 451 g/mol. The average Bonchev–Trinajstić information content (AvgIpc) is 2.90. The van der Waals surface area contributed by atoms with E-state index in [1.165, 1.54) is 17.9 Å². The zero-order valence-electron chi connectivity index (χ0n) is 17.6. The number of nitrogens with zero attached hydrogens (tertiary/aromatic N) is 2. The van der Waals surface area contributed by atoms with Crippen molar-refractivity contribution in [1.29, 1.82) is 0 Å². The Labute approximate surface area is 181 Å². The smallest absolute Gasteiger partial charge is 0.356 e. The number of halogens is 5. The molecule has 0 unspecified atom stereocenters. The number of alkyl halides is 5. The second kappa shape index (κ2) is 7.86. The van der Waals surface area contributed by atoms with Gasteiger partial charge in [0.15, 0.2) is 5.43 Å². The quantitative estimate of drug-likeness (QED) is 0.497. The molecule has 0 bridgehead atoms. The first-order valence-corrected chi connectivity index (χ1v) is 10.3. The van der Waals surface area contributed by atoms with E-state index in [4.69, 9.17) is 0 Å². The van der Waals surface area contributed by atoms with E-state index in [1.807, 2.05) is 0 Å². The fourth-order valence-corrected chi connectivity index (χ4v) is 4.19. The third-order valence-electron chi connectivity index (χ3n) is 5.90. The molecule has 0 radical (unpaired) electrons. The topological polar surface area (TPSA) is 49.0 Å². The summed E-state index contributed by atoms with van der Waals surface area (Å²) in [6.45, 7) is 2.90. The first-order chi connectivity index (χ1) is 15.0. The Morgan fingerprint density at radius 3 is 2.53 bits per heavy atom. The molecule has 1 N–H and O–H groups in total. The fourth-order valence-electron chi connectivity index (χ4n) is 4.19. The number of fused-ring (bicyclic) bond motifs is 1. The average molecular weight is 451 g/mol. The summed E-state index contributed by atoms with van der Waals surface area (Å²) in [5, 5.41) is 0.460. The van der Waals surface area contributed by atoms with E-state index in [9.17, 15) is 26.7 Å². The molecule has 0 saturated carbocycles. The first kappa shape index (κ1) is 22.2. The fraction of sp³-hybridized carbons (Fsp3) is 0.391. The van der Waals surface area contributed by atoms with Crippen LogP contribution in [0.15, 0.2) is 35.1 Å². The number of hydrogen-bond donors (Lipinski definition) is 1. The van der Waals surface area contributed by atoms with E-state index in [0.717, 1.165) is 0 Å². The van der Waals surface area contributed by atoms with E-state index in [2.05, 4.69) is 9.97 Å². The molecule has 0 spiro atoms. The standard InChI is InChI=1S/C23H22F5N3O/c1-13-12-16(18-14(2)19(32)15-6-3-4-7-17(15)29-18)21(30-20(13)23(26,27)28)31-10-5-8-22(24,25)9-11-31/h3-4,6-7,12H,5,8-11H2,1-2H3,(H,29,32). The summed E-state index contributed by atoms with van der Waals surface area (Å²) >= 11 is 0. The summed E-state index contributed by atoms with van der Waals surface area (Å²) in [6, 6.07) is 8.17. The van der Waals surface area contributed by atoms with Crippen molar-refractivity contribution in [3.63, 3.8) is 0 Å². The van der Waals surface area contributed by atoms with Gasteiger partial charge in [-0.15, -0.1) is 0 Å². The van der Waals surface area contributed by atoms with Gasteiger partial charge >= 0.3 is 6.18 Å². The lowest BCUT2D eigenvalue weighted by atomic mass is 10.0. The lowest BCUT2D eigenvalue weighted by Crippen LogP contribution is -2.28. The summed E-state index contributed by atoms with van der Waals surface area (Å²) in [7, 11) is 0. The molecular formula is C23H22F5N3O.